The average Bonchev–Trinajstić information content (AvgIpc) is 2.82. The summed E-state index contributed by atoms with van der Waals surface area (Å²) in [5, 5.41) is 5.68. The third kappa shape index (κ3) is 2.82. The summed E-state index contributed by atoms with van der Waals surface area (Å²) in [4.78, 5) is 1.39. The van der Waals surface area contributed by atoms with Gasteiger partial charge >= 0.3 is 0 Å². The molecule has 1 aromatic heterocycles. The average molecular weight is 259 g/mol. The van der Waals surface area contributed by atoms with Crippen LogP contribution < -0.4 is 5.32 Å². The molecule has 0 aliphatic carbocycles. The molecule has 2 aromatic rings. The van der Waals surface area contributed by atoms with Crippen LogP contribution in [0.3, 0.4) is 0 Å². The van der Waals surface area contributed by atoms with Gasteiger partial charge in [0.1, 0.15) is 0 Å². The Bertz CT molecular complexity index is 484. The van der Waals surface area contributed by atoms with Gasteiger partial charge in [-0.25, -0.2) is 0 Å². The molecule has 1 atom stereocenters. The Balaban J connectivity index is 2.22. The van der Waals surface area contributed by atoms with Crippen LogP contribution in [0.1, 0.15) is 37.4 Å². The van der Waals surface area contributed by atoms with Crippen molar-refractivity contribution in [3.63, 3.8) is 0 Å². The van der Waals surface area contributed by atoms with Crippen LogP contribution in [0.5, 0.6) is 0 Å². The maximum atomic E-state index is 3.52. The van der Waals surface area contributed by atoms with Crippen molar-refractivity contribution >= 4 is 11.3 Å². The second-order valence-electron chi connectivity index (χ2n) is 4.57. The minimum absolute atomic E-state index is 0.480. The first-order valence-electron chi connectivity index (χ1n) is 6.64. The van der Waals surface area contributed by atoms with E-state index in [0.717, 1.165) is 13.0 Å². The number of thiophene rings is 1. The van der Waals surface area contributed by atoms with Gasteiger partial charge in [-0.1, -0.05) is 38.1 Å². The van der Waals surface area contributed by atoms with Crippen LogP contribution in [-0.4, -0.2) is 6.54 Å². The van der Waals surface area contributed by atoms with Crippen molar-refractivity contribution in [1.82, 2.24) is 5.32 Å². The summed E-state index contributed by atoms with van der Waals surface area (Å²) in [5.41, 5.74) is 4.08. The van der Waals surface area contributed by atoms with Crippen molar-refractivity contribution in [2.24, 2.45) is 0 Å². The van der Waals surface area contributed by atoms with E-state index in [4.69, 9.17) is 0 Å². The minimum Gasteiger partial charge on any atom is -0.310 e. The molecule has 18 heavy (non-hydrogen) atoms. The predicted octanol–water partition coefficient (Wildman–Crippen LogP) is 4.78. The van der Waals surface area contributed by atoms with E-state index in [1.54, 1.807) is 0 Å². The van der Waals surface area contributed by atoms with E-state index in [1.165, 1.54) is 21.6 Å². The molecule has 0 aliphatic heterocycles. The largest absolute Gasteiger partial charge is 0.310 e. The SMILES string of the molecule is CCNC(CC)c1ccc(-c2sccc2C)cc1. The highest BCUT2D eigenvalue weighted by Crippen LogP contribution is 2.30. The highest BCUT2D eigenvalue weighted by molar-refractivity contribution is 7.13. The van der Waals surface area contributed by atoms with Gasteiger partial charge in [0, 0.05) is 10.9 Å². The Hall–Kier alpha value is -1.12. The molecule has 1 nitrogen and oxygen atoms in total. The monoisotopic (exact) mass is 259 g/mol. The van der Waals surface area contributed by atoms with Crippen molar-refractivity contribution in [2.75, 3.05) is 6.54 Å². The van der Waals surface area contributed by atoms with Crippen LogP contribution in [-0.2, 0) is 0 Å². The topological polar surface area (TPSA) is 12.0 Å². The highest BCUT2D eigenvalue weighted by atomic mass is 32.1. The molecule has 1 N–H and O–H groups in total. The Morgan fingerprint density at radius 3 is 2.33 bits per heavy atom. The first-order chi connectivity index (χ1) is 8.76. The van der Waals surface area contributed by atoms with Gasteiger partial charge in [0.25, 0.3) is 0 Å². The van der Waals surface area contributed by atoms with Crippen LogP contribution in [0.15, 0.2) is 35.7 Å². The molecular formula is C16H21NS. The van der Waals surface area contributed by atoms with Gasteiger partial charge in [0.15, 0.2) is 0 Å². The fraction of sp³-hybridized carbons (Fsp3) is 0.375. The van der Waals surface area contributed by atoms with Crippen LogP contribution in [0.4, 0.5) is 0 Å². The van der Waals surface area contributed by atoms with Crippen molar-refractivity contribution in [3.05, 3.63) is 46.8 Å². The van der Waals surface area contributed by atoms with Gasteiger partial charge in [-0.05, 0) is 48.0 Å². The smallest absolute Gasteiger partial charge is 0.0371 e. The molecule has 0 saturated carbocycles. The van der Waals surface area contributed by atoms with E-state index in [1.807, 2.05) is 11.3 Å². The maximum Gasteiger partial charge on any atom is 0.0371 e. The van der Waals surface area contributed by atoms with Gasteiger partial charge in [-0.15, -0.1) is 11.3 Å². The third-order valence-corrected chi connectivity index (χ3v) is 4.36. The number of rotatable bonds is 5. The fourth-order valence-corrected chi connectivity index (χ4v) is 3.21. The second kappa shape index (κ2) is 6.17. The van der Waals surface area contributed by atoms with E-state index in [9.17, 15) is 0 Å². The molecule has 0 aliphatic rings. The summed E-state index contributed by atoms with van der Waals surface area (Å²) in [7, 11) is 0. The summed E-state index contributed by atoms with van der Waals surface area (Å²) in [6.07, 6.45) is 1.13. The molecule has 1 unspecified atom stereocenters. The van der Waals surface area contributed by atoms with Crippen LogP contribution in [0.2, 0.25) is 0 Å². The van der Waals surface area contributed by atoms with E-state index in [-0.39, 0.29) is 0 Å². The lowest BCUT2D eigenvalue weighted by Gasteiger charge is -2.16. The van der Waals surface area contributed by atoms with Crippen LogP contribution >= 0.6 is 11.3 Å². The van der Waals surface area contributed by atoms with Crippen LogP contribution in [0, 0.1) is 6.92 Å². The van der Waals surface area contributed by atoms with E-state index < -0.39 is 0 Å². The summed E-state index contributed by atoms with van der Waals surface area (Å²) in [6, 6.07) is 11.7. The molecule has 2 rings (SSSR count). The van der Waals surface area contributed by atoms with Gasteiger partial charge in [0.05, 0.1) is 0 Å². The Morgan fingerprint density at radius 1 is 1.11 bits per heavy atom. The summed E-state index contributed by atoms with van der Waals surface area (Å²) in [5.74, 6) is 0. The standard InChI is InChI=1S/C16H21NS/c1-4-15(17-5-2)13-6-8-14(9-7-13)16-12(3)10-11-18-16/h6-11,15,17H,4-5H2,1-3H3. The van der Waals surface area contributed by atoms with E-state index in [2.05, 4.69) is 61.8 Å². The summed E-state index contributed by atoms with van der Waals surface area (Å²) < 4.78 is 0. The molecule has 0 amide bonds. The number of benzene rings is 1. The first kappa shape index (κ1) is 13.3. The zero-order valence-electron chi connectivity index (χ0n) is 11.4. The second-order valence-corrected chi connectivity index (χ2v) is 5.49. The lowest BCUT2D eigenvalue weighted by molar-refractivity contribution is 0.537. The van der Waals surface area contributed by atoms with Crippen molar-refractivity contribution in [1.29, 1.82) is 0 Å². The predicted molar refractivity (Wildman–Crippen MR) is 81.2 cm³/mol. The maximum absolute atomic E-state index is 3.52. The Labute approximate surface area is 114 Å². The number of nitrogens with one attached hydrogen (secondary N) is 1. The molecule has 0 saturated heterocycles. The quantitative estimate of drug-likeness (QED) is 0.814. The molecule has 2 heteroatoms. The normalized spacial score (nSPS) is 12.6. The fourth-order valence-electron chi connectivity index (χ4n) is 2.28. The number of hydrogen-bond donors (Lipinski definition) is 1. The van der Waals surface area contributed by atoms with Crippen molar-refractivity contribution in [2.45, 2.75) is 33.2 Å². The van der Waals surface area contributed by atoms with E-state index in [0.29, 0.717) is 6.04 Å². The Morgan fingerprint density at radius 2 is 1.83 bits per heavy atom. The molecule has 1 aromatic carbocycles. The van der Waals surface area contributed by atoms with Gasteiger partial charge in [-0.2, -0.15) is 0 Å². The zero-order valence-corrected chi connectivity index (χ0v) is 12.2. The third-order valence-electron chi connectivity index (χ3n) is 3.30. The minimum atomic E-state index is 0.480. The van der Waals surface area contributed by atoms with Gasteiger partial charge in [0.2, 0.25) is 0 Å². The number of aryl methyl sites for hydroxylation is 1. The zero-order chi connectivity index (χ0) is 13.0. The van der Waals surface area contributed by atoms with Crippen molar-refractivity contribution < 1.29 is 0 Å². The lowest BCUT2D eigenvalue weighted by atomic mass is 10.0. The molecule has 1 heterocycles. The van der Waals surface area contributed by atoms with Gasteiger partial charge in [-0.3, -0.25) is 0 Å². The molecule has 0 spiro atoms. The summed E-state index contributed by atoms with van der Waals surface area (Å²) >= 11 is 1.82. The van der Waals surface area contributed by atoms with E-state index >= 15 is 0 Å². The highest BCUT2D eigenvalue weighted by Gasteiger charge is 2.08. The Kier molecular flexibility index (Phi) is 4.56. The van der Waals surface area contributed by atoms with Crippen molar-refractivity contribution in [3.8, 4) is 10.4 Å². The molecule has 96 valence electrons. The molecule has 0 fully saturated rings. The lowest BCUT2D eigenvalue weighted by Crippen LogP contribution is -2.19. The molecule has 0 radical (unpaired) electrons. The first-order valence-corrected chi connectivity index (χ1v) is 7.52. The molecular weight excluding hydrogens is 238 g/mol. The van der Waals surface area contributed by atoms with Crippen LogP contribution in [0.25, 0.3) is 10.4 Å². The summed E-state index contributed by atoms with van der Waals surface area (Å²) in [6.45, 7) is 7.58. The number of hydrogen-bond acceptors (Lipinski definition) is 2. The molecule has 0 bridgehead atoms. The van der Waals surface area contributed by atoms with Gasteiger partial charge < -0.3 is 5.32 Å².